The zero-order chi connectivity index (χ0) is 13.5. The van der Waals surface area contributed by atoms with Gasteiger partial charge < -0.3 is 0 Å². The maximum atomic E-state index is 9.19. The first kappa shape index (κ1) is 14.0. The van der Waals surface area contributed by atoms with Crippen molar-refractivity contribution in [3.63, 3.8) is 0 Å². The van der Waals surface area contributed by atoms with Crippen molar-refractivity contribution in [2.24, 2.45) is 0 Å². The van der Waals surface area contributed by atoms with Crippen LogP contribution in [0.2, 0.25) is 0 Å². The number of nitrogens with zero attached hydrogens (tertiary/aromatic N) is 3. The van der Waals surface area contributed by atoms with Crippen molar-refractivity contribution in [1.82, 2.24) is 4.37 Å². The molecule has 1 heterocycles. The van der Waals surface area contributed by atoms with Crippen molar-refractivity contribution < 1.29 is 0 Å². The van der Waals surface area contributed by atoms with Gasteiger partial charge in [-0.25, -0.2) is 0 Å². The first-order valence-electron chi connectivity index (χ1n) is 5.41. The third-order valence-electron chi connectivity index (χ3n) is 2.23. The number of hydrogen-bond donors (Lipinski definition) is 0. The van der Waals surface area contributed by atoms with Crippen LogP contribution in [0.15, 0.2) is 39.6 Å². The van der Waals surface area contributed by atoms with Crippen LogP contribution in [0.5, 0.6) is 0 Å². The molecule has 3 nitrogen and oxygen atoms in total. The summed E-state index contributed by atoms with van der Waals surface area (Å²) in [5.74, 6) is 1.14. The number of benzene rings is 1. The summed E-state index contributed by atoms with van der Waals surface area (Å²) in [7, 11) is 0. The fourth-order valence-corrected chi connectivity index (χ4v) is 4.09. The number of rotatable bonds is 5. The molecule has 0 aliphatic heterocycles. The quantitative estimate of drug-likeness (QED) is 0.783. The van der Waals surface area contributed by atoms with Gasteiger partial charge in [0.25, 0.3) is 0 Å². The van der Waals surface area contributed by atoms with E-state index in [1.54, 1.807) is 11.8 Å². The van der Waals surface area contributed by atoms with Crippen LogP contribution >= 0.6 is 35.1 Å². The molecule has 94 valence electrons. The monoisotopic (exact) mass is 303 g/mol. The molecule has 0 saturated heterocycles. The lowest BCUT2D eigenvalue weighted by molar-refractivity contribution is 1.23. The number of hydrogen-bond acceptors (Lipinski definition) is 6. The molecule has 1 aromatic heterocycles. The van der Waals surface area contributed by atoms with E-state index in [9.17, 15) is 5.26 Å². The summed E-state index contributed by atoms with van der Waals surface area (Å²) in [4.78, 5) is 0. The highest BCUT2D eigenvalue weighted by Gasteiger charge is 2.14. The molecule has 0 bridgehead atoms. The minimum Gasteiger partial charge on any atom is -0.197 e. The van der Waals surface area contributed by atoms with Gasteiger partial charge in [0.1, 0.15) is 16.7 Å². The third-order valence-corrected chi connectivity index (χ3v) is 5.35. The van der Waals surface area contributed by atoms with Gasteiger partial charge in [-0.05, 0) is 17.1 Å². The summed E-state index contributed by atoms with van der Waals surface area (Å²) in [6.07, 6.45) is 0. The van der Waals surface area contributed by atoms with Crippen molar-refractivity contribution in [1.29, 1.82) is 10.5 Å². The van der Waals surface area contributed by atoms with Gasteiger partial charge in [-0.2, -0.15) is 14.9 Å². The zero-order valence-corrected chi connectivity index (χ0v) is 12.3. The summed E-state index contributed by atoms with van der Waals surface area (Å²) in [6, 6.07) is 14.3. The first-order valence-corrected chi connectivity index (χ1v) is 8.16. The van der Waals surface area contributed by atoms with E-state index < -0.39 is 0 Å². The van der Waals surface area contributed by atoms with Gasteiger partial charge in [0.2, 0.25) is 0 Å². The van der Waals surface area contributed by atoms with Crippen LogP contribution in [0.4, 0.5) is 0 Å². The third kappa shape index (κ3) is 3.74. The van der Waals surface area contributed by atoms with E-state index in [4.69, 9.17) is 5.26 Å². The van der Waals surface area contributed by atoms with Gasteiger partial charge in [-0.3, -0.25) is 0 Å². The van der Waals surface area contributed by atoms with Crippen LogP contribution in [0.1, 0.15) is 11.1 Å². The smallest absolute Gasteiger partial charge is 0.130 e. The van der Waals surface area contributed by atoms with Gasteiger partial charge >= 0.3 is 0 Å². The van der Waals surface area contributed by atoms with Crippen LogP contribution in [0.3, 0.4) is 0 Å². The molecule has 0 radical (unpaired) electrons. The van der Waals surface area contributed by atoms with Gasteiger partial charge in [0.05, 0.1) is 16.0 Å². The van der Waals surface area contributed by atoms with Crippen molar-refractivity contribution in [3.05, 3.63) is 41.5 Å². The van der Waals surface area contributed by atoms with E-state index in [1.165, 1.54) is 28.9 Å². The van der Waals surface area contributed by atoms with Crippen molar-refractivity contribution in [3.8, 4) is 12.1 Å². The highest BCUT2D eigenvalue weighted by Crippen LogP contribution is 2.35. The lowest BCUT2D eigenvalue weighted by atomic mass is 10.2. The molecule has 0 saturated carbocycles. The predicted molar refractivity (Wildman–Crippen MR) is 79.2 cm³/mol. The Bertz CT molecular complexity index is 623. The van der Waals surface area contributed by atoms with Gasteiger partial charge in [0, 0.05) is 5.75 Å². The van der Waals surface area contributed by atoms with E-state index in [-0.39, 0.29) is 0 Å². The molecular formula is C13H9N3S3. The molecule has 0 spiro atoms. The second-order valence-electron chi connectivity index (χ2n) is 3.48. The van der Waals surface area contributed by atoms with E-state index in [1.807, 2.05) is 24.3 Å². The Balaban J connectivity index is 2.07. The fraction of sp³-hybridized carbons (Fsp3) is 0.154. The molecule has 0 N–H and O–H groups in total. The predicted octanol–water partition coefficient (Wildman–Crippen LogP) is 3.92. The Kier molecular flexibility index (Phi) is 5.29. The van der Waals surface area contributed by atoms with Crippen molar-refractivity contribution >= 4 is 35.1 Å². The molecule has 0 atom stereocenters. The summed E-state index contributed by atoms with van der Waals surface area (Å²) in [6.45, 7) is 0. The standard InChI is InChI=1S/C13H9N3S3/c14-6-7-17-12-11(8-15)13(19-16-12)18-9-10-4-2-1-3-5-10/h1-5H,7,9H2. The molecular weight excluding hydrogens is 294 g/mol. The Morgan fingerprint density at radius 1 is 1.16 bits per heavy atom. The molecule has 0 amide bonds. The Morgan fingerprint density at radius 3 is 2.63 bits per heavy atom. The van der Waals surface area contributed by atoms with E-state index >= 15 is 0 Å². The normalized spacial score (nSPS) is 9.79. The molecule has 2 rings (SSSR count). The molecule has 6 heteroatoms. The topological polar surface area (TPSA) is 60.5 Å². The summed E-state index contributed by atoms with van der Waals surface area (Å²) >= 11 is 4.26. The van der Waals surface area contributed by atoms with Gasteiger partial charge in [-0.1, -0.05) is 42.1 Å². The van der Waals surface area contributed by atoms with Crippen LogP contribution in [-0.2, 0) is 5.75 Å². The summed E-state index contributed by atoms with van der Waals surface area (Å²) < 4.78 is 5.17. The molecule has 0 fully saturated rings. The minimum atomic E-state index is 0.321. The summed E-state index contributed by atoms with van der Waals surface area (Å²) in [5, 5.41) is 18.4. The number of aromatic nitrogens is 1. The number of nitriles is 2. The average molecular weight is 303 g/mol. The average Bonchev–Trinajstić information content (AvgIpc) is 2.86. The van der Waals surface area contributed by atoms with E-state index in [2.05, 4.69) is 22.6 Å². The second-order valence-corrected chi connectivity index (χ2v) is 6.46. The lowest BCUT2D eigenvalue weighted by Crippen LogP contribution is -1.82. The molecule has 1 aromatic carbocycles. The van der Waals surface area contributed by atoms with Gasteiger partial charge in [-0.15, -0.1) is 11.8 Å². The molecule has 0 aliphatic rings. The molecule has 0 unspecified atom stereocenters. The largest absolute Gasteiger partial charge is 0.197 e. The maximum absolute atomic E-state index is 9.19. The van der Waals surface area contributed by atoms with E-state index in [0.717, 1.165) is 9.96 Å². The number of thioether (sulfide) groups is 2. The van der Waals surface area contributed by atoms with Crippen LogP contribution in [0.25, 0.3) is 0 Å². The molecule has 19 heavy (non-hydrogen) atoms. The molecule has 0 aliphatic carbocycles. The van der Waals surface area contributed by atoms with Crippen molar-refractivity contribution in [2.45, 2.75) is 15.0 Å². The zero-order valence-electron chi connectivity index (χ0n) is 9.87. The van der Waals surface area contributed by atoms with Crippen molar-refractivity contribution in [2.75, 3.05) is 5.75 Å². The molecule has 2 aromatic rings. The lowest BCUT2D eigenvalue weighted by Gasteiger charge is -1.99. The first-order chi connectivity index (χ1) is 9.35. The van der Waals surface area contributed by atoms with E-state index in [0.29, 0.717) is 16.3 Å². The Morgan fingerprint density at radius 2 is 1.95 bits per heavy atom. The maximum Gasteiger partial charge on any atom is 0.130 e. The SMILES string of the molecule is N#CCSc1nsc(SCc2ccccc2)c1C#N. The van der Waals surface area contributed by atoms with Crippen LogP contribution < -0.4 is 0 Å². The summed E-state index contributed by atoms with van der Waals surface area (Å²) in [5.41, 5.74) is 1.82. The van der Waals surface area contributed by atoms with Crippen LogP contribution in [0, 0.1) is 22.7 Å². The second kappa shape index (κ2) is 7.20. The van der Waals surface area contributed by atoms with Crippen LogP contribution in [-0.4, -0.2) is 10.1 Å². The Hall–Kier alpha value is -1.47. The fourth-order valence-electron chi connectivity index (χ4n) is 1.38. The minimum absolute atomic E-state index is 0.321. The highest BCUT2D eigenvalue weighted by atomic mass is 32.2. The Labute approximate surface area is 124 Å². The van der Waals surface area contributed by atoms with Gasteiger partial charge in [0.15, 0.2) is 0 Å². The highest BCUT2D eigenvalue weighted by molar-refractivity contribution is 8.01.